The quantitative estimate of drug-likeness (QED) is 0.322. The van der Waals surface area contributed by atoms with Crippen LogP contribution in [0.15, 0.2) is 43.0 Å². The smallest absolute Gasteiger partial charge is 0.193 e. The Hall–Kier alpha value is -1.34. The highest BCUT2D eigenvalue weighted by molar-refractivity contribution is 6.74. The van der Waals surface area contributed by atoms with Crippen LogP contribution in [0.4, 0.5) is 0 Å². The zero-order chi connectivity index (χ0) is 19.1. The van der Waals surface area contributed by atoms with E-state index in [1.165, 1.54) is 5.56 Å². The predicted molar refractivity (Wildman–Crippen MR) is 110 cm³/mol. The van der Waals surface area contributed by atoms with Crippen LogP contribution in [0.2, 0.25) is 18.1 Å². The molecule has 3 heteroatoms. The molecule has 0 heterocycles. The molecule has 138 valence electrons. The van der Waals surface area contributed by atoms with E-state index < -0.39 is 8.32 Å². The lowest BCUT2D eigenvalue weighted by Crippen LogP contribution is -2.46. The van der Waals surface area contributed by atoms with E-state index in [1.54, 1.807) is 0 Å². The largest absolute Gasteiger partial charge is 0.403 e. The fraction of sp³-hybridized carbons (Fsp3) is 0.545. The fourth-order valence-corrected chi connectivity index (χ4v) is 3.60. The first-order chi connectivity index (χ1) is 11.6. The molecule has 0 fully saturated rings. The minimum Gasteiger partial charge on any atom is -0.403 e. The van der Waals surface area contributed by atoms with Crippen molar-refractivity contribution in [1.29, 1.82) is 0 Å². The van der Waals surface area contributed by atoms with E-state index in [0.717, 1.165) is 0 Å². The van der Waals surface area contributed by atoms with Crippen molar-refractivity contribution in [3.05, 3.63) is 48.6 Å². The molecular weight excluding hydrogens is 324 g/mol. The first-order valence-corrected chi connectivity index (χ1v) is 11.9. The Morgan fingerprint density at radius 1 is 1.24 bits per heavy atom. The molecule has 0 spiro atoms. The van der Waals surface area contributed by atoms with Crippen LogP contribution in [0.5, 0.6) is 0 Å². The average molecular weight is 359 g/mol. The van der Waals surface area contributed by atoms with Gasteiger partial charge < -0.3 is 9.16 Å². The van der Waals surface area contributed by atoms with Crippen LogP contribution in [0.1, 0.15) is 33.3 Å². The number of ether oxygens (including phenoxy) is 1. The summed E-state index contributed by atoms with van der Waals surface area (Å²) in [6.07, 6.45) is 7.53. The van der Waals surface area contributed by atoms with Crippen LogP contribution in [0, 0.1) is 24.2 Å². The normalized spacial score (nSPS) is 15.9. The van der Waals surface area contributed by atoms with Crippen molar-refractivity contribution in [2.24, 2.45) is 11.8 Å². The Balaban J connectivity index is 2.67. The lowest BCUT2D eigenvalue weighted by Gasteiger charge is -2.40. The maximum absolute atomic E-state index is 6.46. The van der Waals surface area contributed by atoms with Gasteiger partial charge in [0, 0.05) is 11.8 Å². The Labute approximate surface area is 155 Å². The molecule has 25 heavy (non-hydrogen) atoms. The highest BCUT2D eigenvalue weighted by Crippen LogP contribution is 2.38. The van der Waals surface area contributed by atoms with Crippen molar-refractivity contribution in [3.63, 3.8) is 0 Å². The summed E-state index contributed by atoms with van der Waals surface area (Å²) in [6, 6.07) is 10.2. The summed E-state index contributed by atoms with van der Waals surface area (Å²) in [6.45, 7) is 18.5. The molecule has 1 aromatic rings. The van der Waals surface area contributed by atoms with E-state index in [1.807, 2.05) is 24.3 Å². The van der Waals surface area contributed by atoms with Crippen LogP contribution in [-0.2, 0) is 15.8 Å². The molecular formula is C22H34O2Si. The lowest BCUT2D eigenvalue weighted by molar-refractivity contribution is 0.0603. The molecule has 0 unspecified atom stereocenters. The van der Waals surface area contributed by atoms with Crippen molar-refractivity contribution in [2.75, 3.05) is 6.61 Å². The summed E-state index contributed by atoms with van der Waals surface area (Å²) >= 11 is 0. The third-order valence-corrected chi connectivity index (χ3v) is 9.73. The summed E-state index contributed by atoms with van der Waals surface area (Å²) in [5.74, 6) is 3.18. The third-order valence-electron chi connectivity index (χ3n) is 5.27. The summed E-state index contributed by atoms with van der Waals surface area (Å²) in [5, 5.41) is 0.134. The van der Waals surface area contributed by atoms with Gasteiger partial charge in [-0.1, -0.05) is 70.0 Å². The molecule has 0 N–H and O–H groups in total. The Kier molecular flexibility index (Phi) is 8.14. The molecule has 0 amide bonds. The predicted octanol–water partition coefficient (Wildman–Crippen LogP) is 5.67. The van der Waals surface area contributed by atoms with Crippen LogP contribution < -0.4 is 0 Å². The average Bonchev–Trinajstić information content (AvgIpc) is 2.56. The van der Waals surface area contributed by atoms with Crippen molar-refractivity contribution < 1.29 is 9.16 Å². The number of terminal acetylenes is 1. The highest BCUT2D eigenvalue weighted by atomic mass is 28.4. The molecule has 2 nitrogen and oxygen atoms in total. The SMILES string of the molecule is C#C[C@@H](O[Si](C)(C)C(C)(C)C)[C@@H](C)[C@@H](C=C)COCc1ccccc1. The van der Waals surface area contributed by atoms with E-state index in [-0.39, 0.29) is 23.0 Å². The second-order valence-electron chi connectivity index (χ2n) is 8.22. The van der Waals surface area contributed by atoms with Crippen molar-refractivity contribution >= 4 is 8.32 Å². The monoisotopic (exact) mass is 358 g/mol. The Morgan fingerprint density at radius 3 is 2.32 bits per heavy atom. The first-order valence-electron chi connectivity index (χ1n) is 9.00. The van der Waals surface area contributed by atoms with Gasteiger partial charge in [0.15, 0.2) is 8.32 Å². The molecule has 0 bridgehead atoms. The minimum absolute atomic E-state index is 0.134. The van der Waals surface area contributed by atoms with Crippen molar-refractivity contribution in [2.45, 2.75) is 58.5 Å². The maximum Gasteiger partial charge on any atom is 0.193 e. The highest BCUT2D eigenvalue weighted by Gasteiger charge is 2.40. The van der Waals surface area contributed by atoms with Gasteiger partial charge in [0.25, 0.3) is 0 Å². The maximum atomic E-state index is 6.46. The summed E-state index contributed by atoms with van der Waals surface area (Å²) in [4.78, 5) is 0. The van der Waals surface area contributed by atoms with E-state index in [9.17, 15) is 0 Å². The molecule has 0 radical (unpaired) electrons. The summed E-state index contributed by atoms with van der Waals surface area (Å²) in [5.41, 5.74) is 1.17. The molecule has 3 atom stereocenters. The van der Waals surface area contributed by atoms with E-state index >= 15 is 0 Å². The molecule has 0 saturated carbocycles. The summed E-state index contributed by atoms with van der Waals surface area (Å²) in [7, 11) is -1.91. The second-order valence-corrected chi connectivity index (χ2v) is 13.0. The number of hydrogen-bond donors (Lipinski definition) is 0. The van der Waals surface area contributed by atoms with Crippen LogP contribution >= 0.6 is 0 Å². The second kappa shape index (κ2) is 9.38. The van der Waals surface area contributed by atoms with Gasteiger partial charge in [-0.15, -0.1) is 13.0 Å². The molecule has 0 aliphatic heterocycles. The third kappa shape index (κ3) is 6.47. The molecule has 1 rings (SSSR count). The molecule has 0 aliphatic rings. The standard InChI is InChI=1S/C22H34O2Si/c1-9-20(17-23-16-19-14-12-11-13-15-19)18(3)21(10-2)24-25(7,8)22(4,5)6/h2,9,11-15,18,20-21H,1,16-17H2,3-8H3/t18-,20-,21+/m0/s1. The van der Waals surface area contributed by atoms with Gasteiger partial charge in [0.1, 0.15) is 6.10 Å². The number of benzene rings is 1. The topological polar surface area (TPSA) is 18.5 Å². The van der Waals surface area contributed by atoms with Gasteiger partial charge in [0.05, 0.1) is 13.2 Å². The lowest BCUT2D eigenvalue weighted by atomic mass is 9.90. The van der Waals surface area contributed by atoms with Gasteiger partial charge in [-0.2, -0.15) is 0 Å². The Morgan fingerprint density at radius 2 is 1.84 bits per heavy atom. The zero-order valence-electron chi connectivity index (χ0n) is 16.7. The van der Waals surface area contributed by atoms with E-state index in [0.29, 0.717) is 13.2 Å². The first kappa shape index (κ1) is 21.7. The fourth-order valence-electron chi connectivity index (χ4n) is 2.33. The van der Waals surface area contributed by atoms with Crippen LogP contribution in [0.3, 0.4) is 0 Å². The van der Waals surface area contributed by atoms with Gasteiger partial charge in [0.2, 0.25) is 0 Å². The molecule has 0 aliphatic carbocycles. The van der Waals surface area contributed by atoms with Gasteiger partial charge in [-0.25, -0.2) is 0 Å². The number of hydrogen-bond acceptors (Lipinski definition) is 2. The number of rotatable bonds is 9. The van der Waals surface area contributed by atoms with Crippen molar-refractivity contribution in [1.82, 2.24) is 0 Å². The Bertz CT molecular complexity index is 566. The molecule has 0 aromatic heterocycles. The molecule has 1 aromatic carbocycles. The van der Waals surface area contributed by atoms with Gasteiger partial charge >= 0.3 is 0 Å². The zero-order valence-corrected chi connectivity index (χ0v) is 17.7. The van der Waals surface area contributed by atoms with E-state index in [2.05, 4.69) is 65.4 Å². The van der Waals surface area contributed by atoms with Crippen molar-refractivity contribution in [3.8, 4) is 12.3 Å². The van der Waals surface area contributed by atoms with Gasteiger partial charge in [-0.05, 0) is 23.7 Å². The van der Waals surface area contributed by atoms with Gasteiger partial charge in [-0.3, -0.25) is 0 Å². The summed E-state index contributed by atoms with van der Waals surface area (Å²) < 4.78 is 12.4. The molecule has 0 saturated heterocycles. The van der Waals surface area contributed by atoms with Crippen LogP contribution in [-0.4, -0.2) is 21.0 Å². The van der Waals surface area contributed by atoms with E-state index in [4.69, 9.17) is 15.6 Å². The van der Waals surface area contributed by atoms with Crippen LogP contribution in [0.25, 0.3) is 0 Å². The minimum atomic E-state index is -1.91.